The standard InChI is InChI=1S/C17H16FNO2/c1-12-10-19(11-14-5-2-3-8-16(14)21-12)17(20)13-6-4-7-15(18)9-13/h2-9,12H,10-11H2,1H3. The summed E-state index contributed by atoms with van der Waals surface area (Å²) in [7, 11) is 0. The number of nitrogens with zero attached hydrogens (tertiary/aromatic N) is 1. The molecule has 0 bridgehead atoms. The van der Waals surface area contributed by atoms with Crippen LogP contribution in [-0.2, 0) is 6.54 Å². The maximum absolute atomic E-state index is 13.3. The van der Waals surface area contributed by atoms with Crippen LogP contribution in [0.25, 0.3) is 0 Å². The van der Waals surface area contributed by atoms with Gasteiger partial charge in [-0.1, -0.05) is 24.3 Å². The van der Waals surface area contributed by atoms with Crippen LogP contribution in [0.2, 0.25) is 0 Å². The fourth-order valence-corrected chi connectivity index (χ4v) is 2.54. The number of fused-ring (bicyclic) bond motifs is 1. The van der Waals surface area contributed by atoms with Crippen molar-refractivity contribution < 1.29 is 13.9 Å². The van der Waals surface area contributed by atoms with Crippen LogP contribution in [0.4, 0.5) is 4.39 Å². The van der Waals surface area contributed by atoms with Gasteiger partial charge >= 0.3 is 0 Å². The number of halogens is 1. The van der Waals surface area contributed by atoms with Crippen molar-refractivity contribution in [2.24, 2.45) is 0 Å². The minimum absolute atomic E-state index is 0.105. The van der Waals surface area contributed by atoms with Crippen LogP contribution >= 0.6 is 0 Å². The molecule has 1 aliphatic heterocycles. The highest BCUT2D eigenvalue weighted by Gasteiger charge is 2.24. The normalized spacial score (nSPS) is 17.6. The van der Waals surface area contributed by atoms with Crippen molar-refractivity contribution in [2.75, 3.05) is 6.54 Å². The summed E-state index contributed by atoms with van der Waals surface area (Å²) in [5, 5.41) is 0. The summed E-state index contributed by atoms with van der Waals surface area (Å²) >= 11 is 0. The molecule has 1 aliphatic rings. The predicted molar refractivity (Wildman–Crippen MR) is 77.7 cm³/mol. The topological polar surface area (TPSA) is 29.5 Å². The number of carbonyl (C=O) groups excluding carboxylic acids is 1. The Balaban J connectivity index is 1.90. The molecule has 0 saturated carbocycles. The first-order chi connectivity index (χ1) is 10.1. The van der Waals surface area contributed by atoms with Crippen LogP contribution in [0.3, 0.4) is 0 Å². The lowest BCUT2D eigenvalue weighted by Crippen LogP contribution is -2.36. The fourth-order valence-electron chi connectivity index (χ4n) is 2.54. The largest absolute Gasteiger partial charge is 0.489 e. The Morgan fingerprint density at radius 3 is 2.86 bits per heavy atom. The molecule has 108 valence electrons. The average Bonchev–Trinajstić information content (AvgIpc) is 2.64. The van der Waals surface area contributed by atoms with Crippen molar-refractivity contribution >= 4 is 5.91 Å². The van der Waals surface area contributed by atoms with Crippen molar-refractivity contribution in [1.29, 1.82) is 0 Å². The van der Waals surface area contributed by atoms with Gasteiger partial charge < -0.3 is 9.64 Å². The van der Waals surface area contributed by atoms with Gasteiger partial charge in [0.25, 0.3) is 5.91 Å². The van der Waals surface area contributed by atoms with E-state index in [0.717, 1.165) is 11.3 Å². The molecule has 0 radical (unpaired) electrons. The second kappa shape index (κ2) is 5.56. The van der Waals surface area contributed by atoms with E-state index in [1.165, 1.54) is 12.1 Å². The molecule has 21 heavy (non-hydrogen) atoms. The number of rotatable bonds is 1. The van der Waals surface area contributed by atoms with E-state index in [1.807, 2.05) is 31.2 Å². The fraction of sp³-hybridized carbons (Fsp3) is 0.235. The van der Waals surface area contributed by atoms with Gasteiger partial charge in [0.15, 0.2) is 0 Å². The van der Waals surface area contributed by atoms with E-state index >= 15 is 0 Å². The summed E-state index contributed by atoms with van der Waals surface area (Å²) in [4.78, 5) is 14.3. The van der Waals surface area contributed by atoms with E-state index < -0.39 is 5.82 Å². The molecule has 1 unspecified atom stereocenters. The van der Waals surface area contributed by atoms with Crippen molar-refractivity contribution in [3.8, 4) is 5.75 Å². The zero-order chi connectivity index (χ0) is 14.8. The van der Waals surface area contributed by atoms with Crippen molar-refractivity contribution in [3.63, 3.8) is 0 Å². The van der Waals surface area contributed by atoms with Crippen LogP contribution in [-0.4, -0.2) is 23.5 Å². The molecule has 0 saturated heterocycles. The van der Waals surface area contributed by atoms with Crippen LogP contribution in [0.5, 0.6) is 5.75 Å². The second-order valence-corrected chi connectivity index (χ2v) is 5.23. The molecule has 1 atom stereocenters. The van der Waals surface area contributed by atoms with E-state index in [0.29, 0.717) is 18.7 Å². The van der Waals surface area contributed by atoms with Gasteiger partial charge in [-0.3, -0.25) is 4.79 Å². The third-order valence-electron chi connectivity index (χ3n) is 3.50. The number of benzene rings is 2. The zero-order valence-electron chi connectivity index (χ0n) is 11.8. The first-order valence-corrected chi connectivity index (χ1v) is 6.93. The molecule has 0 aromatic heterocycles. The van der Waals surface area contributed by atoms with Gasteiger partial charge in [-0.25, -0.2) is 4.39 Å². The lowest BCUT2D eigenvalue weighted by Gasteiger charge is -2.22. The molecule has 1 heterocycles. The Morgan fingerprint density at radius 2 is 2.05 bits per heavy atom. The minimum Gasteiger partial charge on any atom is -0.489 e. The number of amides is 1. The van der Waals surface area contributed by atoms with E-state index in [2.05, 4.69) is 0 Å². The van der Waals surface area contributed by atoms with Crippen LogP contribution < -0.4 is 4.74 Å². The quantitative estimate of drug-likeness (QED) is 0.805. The summed E-state index contributed by atoms with van der Waals surface area (Å²) in [6.07, 6.45) is -0.105. The highest BCUT2D eigenvalue weighted by molar-refractivity contribution is 5.94. The summed E-state index contributed by atoms with van der Waals surface area (Å²) in [6.45, 7) is 2.87. The van der Waals surface area contributed by atoms with Crippen molar-refractivity contribution in [3.05, 3.63) is 65.5 Å². The SMILES string of the molecule is CC1CN(C(=O)c2cccc(F)c2)Cc2ccccc2O1. The molecule has 3 nitrogen and oxygen atoms in total. The molecule has 1 amide bonds. The van der Waals surface area contributed by atoms with Crippen LogP contribution in [0, 0.1) is 5.82 Å². The first-order valence-electron chi connectivity index (χ1n) is 6.93. The molecular formula is C17H16FNO2. The van der Waals surface area contributed by atoms with E-state index in [-0.39, 0.29) is 12.0 Å². The van der Waals surface area contributed by atoms with Crippen LogP contribution in [0.1, 0.15) is 22.8 Å². The Morgan fingerprint density at radius 1 is 1.24 bits per heavy atom. The predicted octanol–water partition coefficient (Wildman–Crippen LogP) is 3.25. The summed E-state index contributed by atoms with van der Waals surface area (Å²) < 4.78 is 19.1. The summed E-state index contributed by atoms with van der Waals surface area (Å²) in [5.74, 6) is 0.224. The van der Waals surface area contributed by atoms with Gasteiger partial charge in [-0.15, -0.1) is 0 Å². The highest BCUT2D eigenvalue weighted by Crippen LogP contribution is 2.25. The minimum atomic E-state index is -0.402. The molecule has 2 aromatic carbocycles. The maximum Gasteiger partial charge on any atom is 0.254 e. The zero-order valence-corrected chi connectivity index (χ0v) is 11.8. The molecule has 0 N–H and O–H groups in total. The van der Waals surface area contributed by atoms with Crippen LogP contribution in [0.15, 0.2) is 48.5 Å². The lowest BCUT2D eigenvalue weighted by atomic mass is 10.1. The Labute approximate surface area is 123 Å². The highest BCUT2D eigenvalue weighted by atomic mass is 19.1. The van der Waals surface area contributed by atoms with Gasteiger partial charge in [-0.2, -0.15) is 0 Å². The molecular weight excluding hydrogens is 269 g/mol. The maximum atomic E-state index is 13.3. The third kappa shape index (κ3) is 2.89. The molecule has 0 fully saturated rings. The summed E-state index contributed by atoms with van der Waals surface area (Å²) in [5.41, 5.74) is 1.33. The van der Waals surface area contributed by atoms with Crippen molar-refractivity contribution in [2.45, 2.75) is 19.6 Å². The smallest absolute Gasteiger partial charge is 0.254 e. The van der Waals surface area contributed by atoms with Gasteiger partial charge in [-0.05, 0) is 31.2 Å². The average molecular weight is 285 g/mol. The molecule has 3 rings (SSSR count). The Bertz CT molecular complexity index is 671. The van der Waals surface area contributed by atoms with E-state index in [1.54, 1.807) is 17.0 Å². The molecule has 0 spiro atoms. The second-order valence-electron chi connectivity index (χ2n) is 5.23. The first kappa shape index (κ1) is 13.6. The van der Waals surface area contributed by atoms with E-state index in [9.17, 15) is 9.18 Å². The molecule has 0 aliphatic carbocycles. The Kier molecular flexibility index (Phi) is 3.60. The molecule has 4 heteroatoms. The van der Waals surface area contributed by atoms with Crippen molar-refractivity contribution in [1.82, 2.24) is 4.90 Å². The lowest BCUT2D eigenvalue weighted by molar-refractivity contribution is 0.0690. The number of hydrogen-bond donors (Lipinski definition) is 0. The number of carbonyl (C=O) groups is 1. The van der Waals surface area contributed by atoms with Gasteiger partial charge in [0.1, 0.15) is 17.7 Å². The summed E-state index contributed by atoms with van der Waals surface area (Å²) in [6, 6.07) is 13.5. The molecule has 2 aromatic rings. The number of ether oxygens (including phenoxy) is 1. The Hall–Kier alpha value is -2.36. The van der Waals surface area contributed by atoms with Gasteiger partial charge in [0.2, 0.25) is 0 Å². The third-order valence-corrected chi connectivity index (χ3v) is 3.50. The monoisotopic (exact) mass is 285 g/mol. The van der Waals surface area contributed by atoms with Gasteiger partial charge in [0, 0.05) is 17.7 Å². The number of hydrogen-bond acceptors (Lipinski definition) is 2. The number of para-hydroxylation sites is 1. The van der Waals surface area contributed by atoms with E-state index in [4.69, 9.17) is 4.74 Å². The van der Waals surface area contributed by atoms with Gasteiger partial charge in [0.05, 0.1) is 6.54 Å².